The predicted molar refractivity (Wildman–Crippen MR) is 110 cm³/mol. The van der Waals surface area contributed by atoms with Gasteiger partial charge in [-0.1, -0.05) is 17.7 Å². The van der Waals surface area contributed by atoms with Gasteiger partial charge in [-0.3, -0.25) is 9.98 Å². The Hall–Kier alpha value is -2.36. The summed E-state index contributed by atoms with van der Waals surface area (Å²) < 4.78 is 31.9. The normalized spacial score (nSPS) is 11.9. The van der Waals surface area contributed by atoms with Crippen LogP contribution in [0.1, 0.15) is 5.56 Å². The number of ether oxygens (including phenoxy) is 1. The van der Waals surface area contributed by atoms with Crippen LogP contribution in [-0.2, 0) is 16.4 Å². The third-order valence-corrected chi connectivity index (χ3v) is 5.62. The zero-order valence-corrected chi connectivity index (χ0v) is 17.3. The van der Waals surface area contributed by atoms with Gasteiger partial charge in [0.15, 0.2) is 5.96 Å². The summed E-state index contributed by atoms with van der Waals surface area (Å²) in [7, 11) is -0.321. The summed E-state index contributed by atoms with van der Waals surface area (Å²) in [5, 5.41) is 6.87. The fraction of sp³-hybridized carbons (Fsp3) is 0.333. The molecule has 0 atom stereocenters. The Bertz CT molecular complexity index is 891. The first kappa shape index (κ1) is 21.9. The van der Waals surface area contributed by atoms with E-state index in [9.17, 15) is 8.42 Å². The molecule has 0 bridgehead atoms. The number of halogens is 1. The molecule has 0 unspecified atom stereocenters. The van der Waals surface area contributed by atoms with Gasteiger partial charge in [0.05, 0.1) is 7.11 Å². The van der Waals surface area contributed by atoms with Gasteiger partial charge in [0.1, 0.15) is 10.6 Å². The Morgan fingerprint density at radius 2 is 2.00 bits per heavy atom. The van der Waals surface area contributed by atoms with Gasteiger partial charge >= 0.3 is 0 Å². The van der Waals surface area contributed by atoms with Crippen LogP contribution < -0.4 is 20.1 Å². The SMILES string of the molecule is CN=C(NCCNS(=O)(=O)c1cccnc1)NCCc1ccc(OC)cc1Cl. The van der Waals surface area contributed by atoms with E-state index in [0.29, 0.717) is 36.2 Å². The molecule has 2 aromatic rings. The molecule has 152 valence electrons. The van der Waals surface area contributed by atoms with Crippen molar-refractivity contribution in [3.05, 3.63) is 53.3 Å². The summed E-state index contributed by atoms with van der Waals surface area (Å²) in [6.07, 6.45) is 3.53. The molecule has 0 radical (unpaired) electrons. The van der Waals surface area contributed by atoms with Crippen LogP contribution in [0.5, 0.6) is 5.75 Å². The molecule has 1 aromatic heterocycles. The second-order valence-electron chi connectivity index (χ2n) is 5.72. The average molecular weight is 426 g/mol. The second kappa shape index (κ2) is 10.8. The van der Waals surface area contributed by atoms with Crippen molar-refractivity contribution in [2.24, 2.45) is 4.99 Å². The standard InChI is InChI=1S/C18H24ClN5O3S/c1-20-18(22-9-7-14-5-6-15(27-2)12-17(14)19)23-10-11-24-28(25,26)16-4-3-8-21-13-16/h3-6,8,12-13,24H,7,9-11H2,1-2H3,(H2,20,22,23). The highest BCUT2D eigenvalue weighted by Gasteiger charge is 2.12. The quantitative estimate of drug-likeness (QED) is 0.319. The Morgan fingerprint density at radius 3 is 2.64 bits per heavy atom. The number of rotatable bonds is 9. The summed E-state index contributed by atoms with van der Waals surface area (Å²) in [6.45, 7) is 1.21. The molecular weight excluding hydrogens is 402 g/mol. The molecule has 28 heavy (non-hydrogen) atoms. The van der Waals surface area contributed by atoms with Crippen molar-refractivity contribution in [2.45, 2.75) is 11.3 Å². The van der Waals surface area contributed by atoms with Gasteiger partial charge < -0.3 is 15.4 Å². The van der Waals surface area contributed by atoms with Crippen molar-refractivity contribution in [3.63, 3.8) is 0 Å². The highest BCUT2D eigenvalue weighted by Crippen LogP contribution is 2.22. The third-order valence-electron chi connectivity index (χ3n) is 3.82. The Kier molecular flexibility index (Phi) is 8.49. The van der Waals surface area contributed by atoms with E-state index in [-0.39, 0.29) is 11.4 Å². The Morgan fingerprint density at radius 1 is 1.21 bits per heavy atom. The topological polar surface area (TPSA) is 105 Å². The fourth-order valence-electron chi connectivity index (χ4n) is 2.35. The molecule has 2 rings (SSSR count). The zero-order chi connectivity index (χ0) is 20.4. The lowest BCUT2D eigenvalue weighted by Crippen LogP contribution is -2.42. The van der Waals surface area contributed by atoms with Crippen molar-refractivity contribution in [1.29, 1.82) is 0 Å². The largest absolute Gasteiger partial charge is 0.497 e. The van der Waals surface area contributed by atoms with Crippen LogP contribution in [0.3, 0.4) is 0 Å². The van der Waals surface area contributed by atoms with Crippen molar-refractivity contribution in [3.8, 4) is 5.75 Å². The van der Waals surface area contributed by atoms with Crippen molar-refractivity contribution in [2.75, 3.05) is 33.8 Å². The predicted octanol–water partition coefficient (Wildman–Crippen LogP) is 1.43. The van der Waals surface area contributed by atoms with Crippen LogP contribution in [0.2, 0.25) is 5.02 Å². The highest BCUT2D eigenvalue weighted by molar-refractivity contribution is 7.89. The molecule has 0 aliphatic heterocycles. The molecule has 1 heterocycles. The molecule has 3 N–H and O–H groups in total. The fourth-order valence-corrected chi connectivity index (χ4v) is 3.61. The number of nitrogens with zero attached hydrogens (tertiary/aromatic N) is 2. The van der Waals surface area contributed by atoms with Crippen LogP contribution in [0.4, 0.5) is 0 Å². The summed E-state index contributed by atoms with van der Waals surface area (Å²) in [5.74, 6) is 1.29. The van der Waals surface area contributed by atoms with Crippen molar-refractivity contribution < 1.29 is 13.2 Å². The number of hydrogen-bond donors (Lipinski definition) is 3. The molecule has 0 saturated carbocycles. The molecule has 10 heteroatoms. The molecule has 0 aliphatic carbocycles. The lowest BCUT2D eigenvalue weighted by atomic mass is 10.1. The number of nitrogens with one attached hydrogen (secondary N) is 3. The van der Waals surface area contributed by atoms with Crippen LogP contribution >= 0.6 is 11.6 Å². The average Bonchev–Trinajstić information content (AvgIpc) is 2.71. The van der Waals surface area contributed by atoms with E-state index >= 15 is 0 Å². The van der Waals surface area contributed by atoms with Crippen molar-refractivity contribution in [1.82, 2.24) is 20.3 Å². The minimum atomic E-state index is -3.57. The van der Waals surface area contributed by atoms with Gasteiger partial charge in [-0.05, 0) is 36.2 Å². The van der Waals surface area contributed by atoms with E-state index in [1.807, 2.05) is 12.1 Å². The molecule has 0 aliphatic rings. The maximum Gasteiger partial charge on any atom is 0.242 e. The Labute approximate surface area is 170 Å². The molecular formula is C18H24ClN5O3S. The van der Waals surface area contributed by atoms with E-state index in [1.165, 1.54) is 18.5 Å². The van der Waals surface area contributed by atoms with Gasteiger partial charge in [0.25, 0.3) is 0 Å². The zero-order valence-electron chi connectivity index (χ0n) is 15.8. The molecule has 0 fully saturated rings. The Balaban J connectivity index is 1.73. The molecule has 0 spiro atoms. The van der Waals surface area contributed by atoms with Gasteiger partial charge in [0.2, 0.25) is 10.0 Å². The minimum Gasteiger partial charge on any atom is -0.497 e. The van der Waals surface area contributed by atoms with E-state index in [4.69, 9.17) is 16.3 Å². The first-order valence-electron chi connectivity index (χ1n) is 8.63. The van der Waals surface area contributed by atoms with Crippen LogP contribution in [0, 0.1) is 0 Å². The summed E-state index contributed by atoms with van der Waals surface area (Å²) in [6, 6.07) is 8.63. The number of aliphatic imine (C=N–C) groups is 1. The van der Waals surface area contributed by atoms with E-state index in [2.05, 4.69) is 25.3 Å². The number of pyridine rings is 1. The van der Waals surface area contributed by atoms with Gasteiger partial charge in [0, 0.05) is 44.1 Å². The monoisotopic (exact) mass is 425 g/mol. The van der Waals surface area contributed by atoms with E-state index < -0.39 is 10.0 Å². The first-order chi connectivity index (χ1) is 13.5. The molecule has 8 nitrogen and oxygen atoms in total. The third kappa shape index (κ3) is 6.66. The van der Waals surface area contributed by atoms with Crippen LogP contribution in [0.25, 0.3) is 0 Å². The number of methoxy groups -OCH3 is 1. The van der Waals surface area contributed by atoms with Gasteiger partial charge in [-0.15, -0.1) is 0 Å². The van der Waals surface area contributed by atoms with Crippen molar-refractivity contribution >= 4 is 27.6 Å². The summed E-state index contributed by atoms with van der Waals surface area (Å²) in [5.41, 5.74) is 0.995. The summed E-state index contributed by atoms with van der Waals surface area (Å²) >= 11 is 6.23. The van der Waals surface area contributed by atoms with E-state index in [0.717, 1.165) is 5.56 Å². The number of benzene rings is 1. The van der Waals surface area contributed by atoms with Gasteiger partial charge in [-0.2, -0.15) is 0 Å². The maximum atomic E-state index is 12.1. The maximum absolute atomic E-state index is 12.1. The van der Waals surface area contributed by atoms with Crippen LogP contribution in [0.15, 0.2) is 52.6 Å². The lowest BCUT2D eigenvalue weighted by molar-refractivity contribution is 0.414. The van der Waals surface area contributed by atoms with Crippen LogP contribution in [-0.4, -0.2) is 53.2 Å². The second-order valence-corrected chi connectivity index (χ2v) is 7.89. The molecule has 1 aromatic carbocycles. The summed E-state index contributed by atoms with van der Waals surface area (Å²) in [4.78, 5) is 8.06. The van der Waals surface area contributed by atoms with E-state index in [1.54, 1.807) is 26.3 Å². The number of hydrogen-bond acceptors (Lipinski definition) is 5. The number of sulfonamides is 1. The molecule has 0 amide bonds. The lowest BCUT2D eigenvalue weighted by Gasteiger charge is -2.13. The minimum absolute atomic E-state index is 0.133. The molecule has 0 saturated heterocycles. The smallest absolute Gasteiger partial charge is 0.242 e. The highest BCUT2D eigenvalue weighted by atomic mass is 35.5. The first-order valence-corrected chi connectivity index (χ1v) is 10.5. The van der Waals surface area contributed by atoms with Gasteiger partial charge in [-0.25, -0.2) is 13.1 Å². The number of aromatic nitrogens is 1. The number of guanidine groups is 1.